The maximum atomic E-state index is 11.8. The van der Waals surface area contributed by atoms with Crippen molar-refractivity contribution >= 4 is 11.8 Å². The van der Waals surface area contributed by atoms with Crippen molar-refractivity contribution in [2.24, 2.45) is 0 Å². The molecule has 0 unspecified atom stereocenters. The second-order valence-corrected chi connectivity index (χ2v) is 4.49. The average molecular weight is 279 g/mol. The second-order valence-electron chi connectivity index (χ2n) is 4.49. The van der Waals surface area contributed by atoms with Crippen LogP contribution in [0.3, 0.4) is 0 Å². The first-order valence-electron chi connectivity index (χ1n) is 6.94. The van der Waals surface area contributed by atoms with Crippen LogP contribution in [0.2, 0.25) is 0 Å². The van der Waals surface area contributed by atoms with Crippen molar-refractivity contribution < 1.29 is 14.3 Å². The molecule has 1 rings (SSSR count). The number of carbonyl (C=O) groups excluding carboxylic acids is 2. The molecule has 0 aliphatic carbocycles. The lowest BCUT2D eigenvalue weighted by Crippen LogP contribution is -2.19. The summed E-state index contributed by atoms with van der Waals surface area (Å²) >= 11 is 0. The first-order chi connectivity index (χ1) is 9.58. The van der Waals surface area contributed by atoms with Gasteiger partial charge in [-0.1, -0.05) is 44.0 Å². The second kappa shape index (κ2) is 11.2. The lowest BCUT2D eigenvalue weighted by Gasteiger charge is -2.05. The van der Waals surface area contributed by atoms with E-state index in [9.17, 15) is 9.59 Å². The first-order valence-corrected chi connectivity index (χ1v) is 6.94. The van der Waals surface area contributed by atoms with E-state index in [-0.39, 0.29) is 0 Å². The molecule has 0 fully saturated rings. The Morgan fingerprint density at radius 3 is 2.30 bits per heavy atom. The molecule has 0 atom stereocenters. The van der Waals surface area contributed by atoms with Gasteiger partial charge in [0.25, 0.3) is 5.78 Å². The minimum Gasteiger partial charge on any atom is -0.460 e. The molecule has 0 aliphatic rings. The number of hydrogen-bond acceptors (Lipinski definition) is 4. The van der Waals surface area contributed by atoms with Gasteiger partial charge in [-0.2, -0.15) is 0 Å². The topological polar surface area (TPSA) is 55.4 Å². The Morgan fingerprint density at radius 2 is 1.75 bits per heavy atom. The van der Waals surface area contributed by atoms with Gasteiger partial charge in [-0.05, 0) is 33.0 Å². The molecule has 20 heavy (non-hydrogen) atoms. The summed E-state index contributed by atoms with van der Waals surface area (Å²) in [6, 6.07) is 7.02. The van der Waals surface area contributed by atoms with Gasteiger partial charge in [-0.25, -0.2) is 4.79 Å². The molecular weight excluding hydrogens is 254 g/mol. The Balaban J connectivity index is 0.00000110. The summed E-state index contributed by atoms with van der Waals surface area (Å²) in [6.45, 7) is 4.20. The molecule has 0 saturated heterocycles. The van der Waals surface area contributed by atoms with E-state index in [1.807, 2.05) is 20.2 Å². The van der Waals surface area contributed by atoms with E-state index in [0.29, 0.717) is 12.2 Å². The summed E-state index contributed by atoms with van der Waals surface area (Å²) in [7, 11) is 3.75. The fourth-order valence-corrected chi connectivity index (χ4v) is 1.52. The summed E-state index contributed by atoms with van der Waals surface area (Å²) in [6.07, 6.45) is 2.87. The predicted octanol–water partition coefficient (Wildman–Crippen LogP) is 2.75. The number of nitrogens with one attached hydrogen (secondary N) is 1. The maximum absolute atomic E-state index is 11.8. The highest BCUT2D eigenvalue weighted by Gasteiger charge is 2.18. The van der Waals surface area contributed by atoms with Crippen LogP contribution in [0.25, 0.3) is 0 Å². The van der Waals surface area contributed by atoms with Crippen molar-refractivity contribution in [3.63, 3.8) is 0 Å². The Bertz CT molecular complexity index is 416. The molecule has 0 amide bonds. The molecule has 0 spiro atoms. The average Bonchev–Trinajstić information content (AvgIpc) is 2.44. The lowest BCUT2D eigenvalue weighted by atomic mass is 10.1. The van der Waals surface area contributed by atoms with E-state index in [1.54, 1.807) is 25.1 Å². The molecule has 112 valence electrons. The number of aryl methyl sites for hydroxylation is 1. The molecule has 4 heteroatoms. The van der Waals surface area contributed by atoms with E-state index in [1.165, 1.54) is 0 Å². The molecular formula is C16H25NO3. The third kappa shape index (κ3) is 7.04. The van der Waals surface area contributed by atoms with Crippen LogP contribution in [-0.4, -0.2) is 32.5 Å². The van der Waals surface area contributed by atoms with Crippen LogP contribution >= 0.6 is 0 Å². The van der Waals surface area contributed by atoms with Crippen LogP contribution in [0.15, 0.2) is 24.3 Å². The fourth-order valence-electron chi connectivity index (χ4n) is 1.52. The molecule has 4 nitrogen and oxygen atoms in total. The molecule has 0 radical (unpaired) electrons. The van der Waals surface area contributed by atoms with Crippen molar-refractivity contribution in [3.05, 3.63) is 35.4 Å². The van der Waals surface area contributed by atoms with Gasteiger partial charge >= 0.3 is 5.97 Å². The van der Waals surface area contributed by atoms with Crippen LogP contribution in [-0.2, 0) is 9.53 Å². The van der Waals surface area contributed by atoms with Crippen LogP contribution in [0.5, 0.6) is 0 Å². The van der Waals surface area contributed by atoms with Gasteiger partial charge in [-0.15, -0.1) is 0 Å². The first kappa shape index (κ1) is 18.3. The van der Waals surface area contributed by atoms with Crippen molar-refractivity contribution in [1.82, 2.24) is 5.32 Å². The maximum Gasteiger partial charge on any atom is 0.379 e. The highest BCUT2D eigenvalue weighted by Crippen LogP contribution is 2.09. The normalized spacial score (nSPS) is 9.40. The van der Waals surface area contributed by atoms with Crippen LogP contribution in [0, 0.1) is 6.92 Å². The minimum absolute atomic E-state index is 0.324. The number of benzene rings is 1. The number of esters is 1. The van der Waals surface area contributed by atoms with E-state index < -0.39 is 11.8 Å². The van der Waals surface area contributed by atoms with Gasteiger partial charge in [0.1, 0.15) is 0 Å². The number of ketones is 1. The lowest BCUT2D eigenvalue weighted by molar-refractivity contribution is -0.138. The van der Waals surface area contributed by atoms with Crippen molar-refractivity contribution in [3.8, 4) is 0 Å². The monoisotopic (exact) mass is 279 g/mol. The van der Waals surface area contributed by atoms with Crippen LogP contribution in [0.1, 0.15) is 42.1 Å². The summed E-state index contributed by atoms with van der Waals surface area (Å²) in [5.74, 6) is -1.31. The summed E-state index contributed by atoms with van der Waals surface area (Å²) in [5.41, 5.74) is 1.22. The third-order valence-corrected chi connectivity index (χ3v) is 2.56. The minimum atomic E-state index is -0.754. The zero-order valence-corrected chi connectivity index (χ0v) is 12.9. The summed E-state index contributed by atoms with van der Waals surface area (Å²) in [4.78, 5) is 23.2. The molecule has 0 saturated carbocycles. The predicted molar refractivity (Wildman–Crippen MR) is 81.0 cm³/mol. The van der Waals surface area contributed by atoms with E-state index in [2.05, 4.69) is 12.2 Å². The summed E-state index contributed by atoms with van der Waals surface area (Å²) < 4.78 is 4.93. The van der Waals surface area contributed by atoms with Crippen molar-refractivity contribution in [1.29, 1.82) is 0 Å². The molecule has 1 aromatic rings. The Morgan fingerprint density at radius 1 is 1.15 bits per heavy atom. The number of hydrogen-bond donors (Lipinski definition) is 1. The zero-order chi connectivity index (χ0) is 15.4. The summed E-state index contributed by atoms with van der Waals surface area (Å²) in [5, 5.41) is 2.75. The number of ether oxygens (including phenoxy) is 1. The van der Waals surface area contributed by atoms with E-state index in [0.717, 1.165) is 24.8 Å². The van der Waals surface area contributed by atoms with Gasteiger partial charge < -0.3 is 10.1 Å². The SMILES string of the molecule is CCCCCOC(=O)C(=O)c1ccccc1C.CNC. The van der Waals surface area contributed by atoms with E-state index in [4.69, 9.17) is 4.74 Å². The number of carbonyl (C=O) groups is 2. The van der Waals surface area contributed by atoms with Crippen LogP contribution < -0.4 is 5.32 Å². The van der Waals surface area contributed by atoms with Gasteiger partial charge in [-0.3, -0.25) is 4.79 Å². The number of rotatable bonds is 6. The molecule has 1 aromatic carbocycles. The van der Waals surface area contributed by atoms with Gasteiger partial charge in [0.2, 0.25) is 0 Å². The molecule has 0 aromatic heterocycles. The smallest absolute Gasteiger partial charge is 0.379 e. The Kier molecular flexibility index (Phi) is 10.2. The Hall–Kier alpha value is -1.68. The van der Waals surface area contributed by atoms with Gasteiger partial charge in [0, 0.05) is 5.56 Å². The fraction of sp³-hybridized carbons (Fsp3) is 0.500. The third-order valence-electron chi connectivity index (χ3n) is 2.56. The van der Waals surface area contributed by atoms with Crippen LogP contribution in [0.4, 0.5) is 0 Å². The number of unbranched alkanes of at least 4 members (excludes halogenated alkanes) is 2. The molecule has 0 aliphatic heterocycles. The highest BCUT2D eigenvalue weighted by atomic mass is 16.5. The van der Waals surface area contributed by atoms with Crippen molar-refractivity contribution in [2.75, 3.05) is 20.7 Å². The Labute approximate surface area is 121 Å². The van der Waals surface area contributed by atoms with Gasteiger partial charge in [0.15, 0.2) is 0 Å². The molecule has 1 N–H and O–H groups in total. The standard InChI is InChI=1S/C14H18O3.C2H7N/c1-3-4-7-10-17-14(16)13(15)12-9-6-5-8-11(12)2;1-3-2/h5-6,8-9H,3-4,7,10H2,1-2H3;3H,1-2H3. The number of Topliss-reactive ketones (excluding diaryl/α,β-unsaturated/α-hetero) is 1. The molecule has 0 heterocycles. The van der Waals surface area contributed by atoms with Gasteiger partial charge in [0.05, 0.1) is 6.61 Å². The quantitative estimate of drug-likeness (QED) is 0.376. The highest BCUT2D eigenvalue weighted by molar-refractivity contribution is 6.40. The zero-order valence-electron chi connectivity index (χ0n) is 12.9. The van der Waals surface area contributed by atoms with E-state index >= 15 is 0 Å². The molecule has 0 bridgehead atoms. The van der Waals surface area contributed by atoms with Crippen molar-refractivity contribution in [2.45, 2.75) is 33.1 Å². The largest absolute Gasteiger partial charge is 0.460 e.